The molecule has 144 valence electrons. The van der Waals surface area contributed by atoms with Crippen LogP contribution in [0.25, 0.3) is 0 Å². The fourth-order valence-electron chi connectivity index (χ4n) is 3.46. The van der Waals surface area contributed by atoms with Gasteiger partial charge in [-0.3, -0.25) is 4.79 Å². The molecule has 0 aromatic heterocycles. The number of hydrogen-bond acceptors (Lipinski definition) is 4. The van der Waals surface area contributed by atoms with E-state index in [1.807, 2.05) is 0 Å². The number of carbonyl (C=O) groups is 1. The zero-order valence-corrected chi connectivity index (χ0v) is 14.4. The molecular weight excluding hydrogens is 349 g/mol. The fraction of sp³-hybridized carbons (Fsp3) is 0.611. The second-order valence-corrected chi connectivity index (χ2v) is 6.75. The van der Waals surface area contributed by atoms with Crippen LogP contribution in [-0.2, 0) is 25.9 Å². The number of hydrogen-bond donors (Lipinski definition) is 2. The van der Waals surface area contributed by atoms with Crippen molar-refractivity contribution in [1.82, 2.24) is 10.6 Å². The highest BCUT2D eigenvalue weighted by Crippen LogP contribution is 2.37. The molecule has 1 aromatic carbocycles. The van der Waals surface area contributed by atoms with Crippen molar-refractivity contribution in [3.05, 3.63) is 35.4 Å². The van der Waals surface area contributed by atoms with Crippen molar-refractivity contribution >= 4 is 5.91 Å². The van der Waals surface area contributed by atoms with E-state index in [2.05, 4.69) is 10.6 Å². The van der Waals surface area contributed by atoms with Crippen LogP contribution in [-0.4, -0.2) is 51.5 Å². The van der Waals surface area contributed by atoms with Crippen molar-refractivity contribution in [2.75, 3.05) is 39.5 Å². The van der Waals surface area contributed by atoms with Crippen LogP contribution in [0.3, 0.4) is 0 Å². The van der Waals surface area contributed by atoms with Gasteiger partial charge in [0.2, 0.25) is 5.91 Å². The first kappa shape index (κ1) is 19.1. The molecule has 1 unspecified atom stereocenters. The number of halogens is 3. The monoisotopic (exact) mass is 372 g/mol. The number of rotatable bonds is 4. The number of carbonyl (C=O) groups excluding carboxylic acids is 1. The Morgan fingerprint density at radius 3 is 2.69 bits per heavy atom. The van der Waals surface area contributed by atoms with Crippen LogP contribution < -0.4 is 10.6 Å². The zero-order chi connectivity index (χ0) is 18.6. The van der Waals surface area contributed by atoms with Crippen molar-refractivity contribution in [2.45, 2.75) is 30.5 Å². The Labute approximate surface area is 150 Å². The van der Waals surface area contributed by atoms with E-state index in [4.69, 9.17) is 9.47 Å². The second kappa shape index (κ2) is 7.94. The maximum absolute atomic E-state index is 13.1. The largest absolute Gasteiger partial charge is 0.416 e. The highest BCUT2D eigenvalue weighted by molar-refractivity contribution is 5.81. The molecule has 1 aromatic rings. The smallest absolute Gasteiger partial charge is 0.381 e. The average Bonchev–Trinajstić information content (AvgIpc) is 2.67. The van der Waals surface area contributed by atoms with Crippen LogP contribution in [0.1, 0.15) is 24.0 Å². The SMILES string of the molecule is O=C(NCC1(c2cccc(C(F)(F)F)c2)CCOCC1)C1CNCCO1. The molecule has 8 heteroatoms. The molecule has 0 spiro atoms. The Kier molecular flexibility index (Phi) is 5.84. The predicted octanol–water partition coefficient (Wildman–Crippen LogP) is 1.86. The molecule has 1 amide bonds. The van der Waals surface area contributed by atoms with Gasteiger partial charge in [0, 0.05) is 38.3 Å². The minimum atomic E-state index is -4.40. The Hall–Kier alpha value is -1.64. The summed E-state index contributed by atoms with van der Waals surface area (Å²) in [7, 11) is 0. The van der Waals surface area contributed by atoms with Crippen molar-refractivity contribution in [1.29, 1.82) is 0 Å². The molecule has 2 saturated heterocycles. The number of morpholine rings is 1. The lowest BCUT2D eigenvalue weighted by molar-refractivity contribution is -0.138. The lowest BCUT2D eigenvalue weighted by atomic mass is 9.73. The normalized spacial score (nSPS) is 23.4. The summed E-state index contributed by atoms with van der Waals surface area (Å²) in [4.78, 5) is 12.4. The summed E-state index contributed by atoms with van der Waals surface area (Å²) in [6.45, 7) is 2.77. The first-order valence-corrected chi connectivity index (χ1v) is 8.76. The Balaban J connectivity index is 1.77. The quantitative estimate of drug-likeness (QED) is 0.847. The summed E-state index contributed by atoms with van der Waals surface area (Å²) in [6.07, 6.45) is -3.86. The number of benzene rings is 1. The van der Waals surface area contributed by atoms with Crippen LogP contribution in [0.15, 0.2) is 24.3 Å². The molecule has 0 saturated carbocycles. The van der Waals surface area contributed by atoms with Crippen molar-refractivity contribution in [3.63, 3.8) is 0 Å². The van der Waals surface area contributed by atoms with Crippen LogP contribution in [0.5, 0.6) is 0 Å². The Bertz CT molecular complexity index is 624. The van der Waals surface area contributed by atoms with Gasteiger partial charge in [0.15, 0.2) is 0 Å². The van der Waals surface area contributed by atoms with Gasteiger partial charge in [0.25, 0.3) is 0 Å². The van der Waals surface area contributed by atoms with Crippen molar-refractivity contribution < 1.29 is 27.4 Å². The molecule has 2 aliphatic heterocycles. The standard InChI is InChI=1S/C18H23F3N2O3/c19-18(20,21)14-3-1-2-13(10-14)17(4-7-25-8-5-17)12-23-16(24)15-11-22-6-9-26-15/h1-3,10,15,22H,4-9,11-12H2,(H,23,24). The minimum absolute atomic E-state index is 0.241. The molecule has 0 aliphatic carbocycles. The summed E-state index contributed by atoms with van der Waals surface area (Å²) < 4.78 is 50.1. The van der Waals surface area contributed by atoms with Crippen LogP contribution in [0, 0.1) is 0 Å². The van der Waals surface area contributed by atoms with Gasteiger partial charge < -0.3 is 20.1 Å². The van der Waals surface area contributed by atoms with Gasteiger partial charge in [0.1, 0.15) is 6.10 Å². The molecule has 2 heterocycles. The van der Waals surface area contributed by atoms with Crippen LogP contribution in [0.2, 0.25) is 0 Å². The number of nitrogens with one attached hydrogen (secondary N) is 2. The molecule has 26 heavy (non-hydrogen) atoms. The van der Waals surface area contributed by atoms with Gasteiger partial charge >= 0.3 is 6.18 Å². The summed E-state index contributed by atoms with van der Waals surface area (Å²) >= 11 is 0. The summed E-state index contributed by atoms with van der Waals surface area (Å²) in [5, 5.41) is 5.97. The van der Waals surface area contributed by atoms with Gasteiger partial charge in [0.05, 0.1) is 12.2 Å². The molecule has 0 radical (unpaired) electrons. The molecule has 0 bridgehead atoms. The highest BCUT2D eigenvalue weighted by atomic mass is 19.4. The molecule has 5 nitrogen and oxygen atoms in total. The third-order valence-corrected chi connectivity index (χ3v) is 5.07. The molecule has 2 aliphatic rings. The maximum atomic E-state index is 13.1. The van der Waals surface area contributed by atoms with Gasteiger partial charge in [-0.2, -0.15) is 13.2 Å². The van der Waals surface area contributed by atoms with Gasteiger partial charge in [-0.1, -0.05) is 18.2 Å². The molecule has 1 atom stereocenters. The molecular formula is C18H23F3N2O3. The summed E-state index contributed by atoms with van der Waals surface area (Å²) in [5.74, 6) is -0.241. The summed E-state index contributed by atoms with van der Waals surface area (Å²) in [5.41, 5.74) is -0.664. The lowest BCUT2D eigenvalue weighted by Crippen LogP contribution is -2.51. The van der Waals surface area contributed by atoms with Gasteiger partial charge in [-0.05, 0) is 24.5 Å². The minimum Gasteiger partial charge on any atom is -0.381 e. The first-order chi connectivity index (χ1) is 12.4. The number of alkyl halides is 3. The Morgan fingerprint density at radius 2 is 2.04 bits per heavy atom. The Morgan fingerprint density at radius 1 is 1.27 bits per heavy atom. The van der Waals surface area contributed by atoms with Gasteiger partial charge in [-0.15, -0.1) is 0 Å². The van der Waals surface area contributed by atoms with Crippen LogP contribution in [0.4, 0.5) is 13.2 Å². The van der Waals surface area contributed by atoms with E-state index in [1.165, 1.54) is 12.1 Å². The first-order valence-electron chi connectivity index (χ1n) is 8.76. The number of amides is 1. The molecule has 2 N–H and O–H groups in total. The van der Waals surface area contributed by atoms with E-state index < -0.39 is 23.3 Å². The third-order valence-electron chi connectivity index (χ3n) is 5.07. The van der Waals surface area contributed by atoms with E-state index in [0.29, 0.717) is 51.3 Å². The predicted molar refractivity (Wildman–Crippen MR) is 88.8 cm³/mol. The summed E-state index contributed by atoms with van der Waals surface area (Å²) in [6, 6.07) is 5.38. The van der Waals surface area contributed by atoms with Crippen molar-refractivity contribution in [2.24, 2.45) is 0 Å². The maximum Gasteiger partial charge on any atom is 0.416 e. The van der Waals surface area contributed by atoms with E-state index >= 15 is 0 Å². The average molecular weight is 372 g/mol. The fourth-order valence-corrected chi connectivity index (χ4v) is 3.46. The van der Waals surface area contributed by atoms with E-state index in [1.54, 1.807) is 6.07 Å². The second-order valence-electron chi connectivity index (χ2n) is 6.75. The van der Waals surface area contributed by atoms with E-state index in [9.17, 15) is 18.0 Å². The topological polar surface area (TPSA) is 59.6 Å². The number of ether oxygens (including phenoxy) is 2. The van der Waals surface area contributed by atoms with Gasteiger partial charge in [-0.25, -0.2) is 0 Å². The lowest BCUT2D eigenvalue weighted by Gasteiger charge is -2.38. The molecule has 3 rings (SSSR count). The van der Waals surface area contributed by atoms with E-state index in [-0.39, 0.29) is 12.5 Å². The third kappa shape index (κ3) is 4.36. The zero-order valence-electron chi connectivity index (χ0n) is 14.4. The molecule has 2 fully saturated rings. The van der Waals surface area contributed by atoms with Crippen LogP contribution >= 0.6 is 0 Å². The highest BCUT2D eigenvalue weighted by Gasteiger charge is 2.38. The van der Waals surface area contributed by atoms with E-state index in [0.717, 1.165) is 6.07 Å². The van der Waals surface area contributed by atoms with Crippen molar-refractivity contribution in [3.8, 4) is 0 Å².